The van der Waals surface area contributed by atoms with Gasteiger partial charge in [-0.1, -0.05) is 80.6 Å². The molecule has 0 saturated heterocycles. The number of hydrogen-bond donors (Lipinski definition) is 3. The Bertz CT molecular complexity index is 947. The summed E-state index contributed by atoms with van der Waals surface area (Å²) in [5.41, 5.74) is 2.69. The van der Waals surface area contributed by atoms with Crippen molar-refractivity contribution in [3.05, 3.63) is 59.1 Å². The van der Waals surface area contributed by atoms with E-state index in [9.17, 15) is 19.5 Å². The monoisotopic (exact) mass is 489 g/mol. The summed E-state index contributed by atoms with van der Waals surface area (Å²) in [5, 5.41) is 22.2. The summed E-state index contributed by atoms with van der Waals surface area (Å²) in [6, 6.07) is 14.1. The number of carboxylic acid groups (broad SMARTS) is 1. The molecule has 0 fully saturated rings. The summed E-state index contributed by atoms with van der Waals surface area (Å²) in [4.78, 5) is 34.9. The van der Waals surface area contributed by atoms with Gasteiger partial charge in [-0.05, 0) is 41.7 Å². The average molecular weight is 490 g/mol. The predicted octanol–water partition coefficient (Wildman–Crippen LogP) is 4.38. The minimum absolute atomic E-state index is 0.163. The third-order valence-electron chi connectivity index (χ3n) is 5.40. The quantitative estimate of drug-likeness (QED) is 0.218. The molecule has 2 aromatic carbocycles. The maximum absolute atomic E-state index is 12.2. The van der Waals surface area contributed by atoms with Gasteiger partial charge in [0.1, 0.15) is 0 Å². The van der Waals surface area contributed by atoms with Gasteiger partial charge in [-0.3, -0.25) is 4.79 Å². The molecule has 0 radical (unpaired) electrons. The number of carbonyl (C=O) groups excluding carboxylic acids is 2. The van der Waals surface area contributed by atoms with E-state index >= 15 is 0 Å². The number of ether oxygens (including phenoxy) is 1. The van der Waals surface area contributed by atoms with Crippen LogP contribution in [-0.2, 0) is 25.5 Å². The Kier molecular flexibility index (Phi) is 11.6. The van der Waals surface area contributed by atoms with E-state index in [2.05, 4.69) is 12.2 Å². The minimum atomic E-state index is -1.63. The number of halogens is 1. The highest BCUT2D eigenvalue weighted by atomic mass is 35.5. The highest BCUT2D eigenvalue weighted by Gasteiger charge is 2.25. The number of rotatable bonds is 13. The molecule has 2 unspecified atom stereocenters. The van der Waals surface area contributed by atoms with Crippen molar-refractivity contribution < 1.29 is 29.3 Å². The number of aliphatic hydroxyl groups is 1. The molecular formula is C26H32ClNO6. The Morgan fingerprint density at radius 2 is 1.71 bits per heavy atom. The summed E-state index contributed by atoms with van der Waals surface area (Å²) < 4.78 is 5.13. The normalized spacial score (nSPS) is 12.6. The van der Waals surface area contributed by atoms with E-state index in [-0.39, 0.29) is 19.4 Å². The van der Waals surface area contributed by atoms with Crippen LogP contribution in [0, 0.1) is 0 Å². The van der Waals surface area contributed by atoms with E-state index in [1.54, 1.807) is 6.07 Å². The lowest BCUT2D eigenvalue weighted by Gasteiger charge is -2.20. The number of carbonyl (C=O) groups is 3. The topological polar surface area (TPSA) is 113 Å². The summed E-state index contributed by atoms with van der Waals surface area (Å²) in [6.45, 7) is 2.33. The zero-order valence-corrected chi connectivity index (χ0v) is 20.1. The minimum Gasteiger partial charge on any atom is -0.474 e. The second-order valence-electron chi connectivity index (χ2n) is 8.22. The van der Waals surface area contributed by atoms with Gasteiger partial charge in [0.2, 0.25) is 0 Å². The van der Waals surface area contributed by atoms with Crippen LogP contribution in [0.15, 0.2) is 48.5 Å². The maximum Gasteiger partial charge on any atom is 0.394 e. The van der Waals surface area contributed by atoms with Crippen LogP contribution < -0.4 is 5.32 Å². The first-order valence-electron chi connectivity index (χ1n) is 11.5. The molecule has 7 nitrogen and oxygen atoms in total. The molecule has 0 heterocycles. The van der Waals surface area contributed by atoms with Crippen molar-refractivity contribution in [3.63, 3.8) is 0 Å². The molecule has 0 bridgehead atoms. The number of hydrogen-bond acceptors (Lipinski definition) is 5. The van der Waals surface area contributed by atoms with Crippen LogP contribution >= 0.6 is 11.6 Å². The lowest BCUT2D eigenvalue weighted by atomic mass is 9.98. The Hall–Kier alpha value is -2.90. The zero-order valence-electron chi connectivity index (χ0n) is 19.3. The molecule has 0 aliphatic carbocycles. The van der Waals surface area contributed by atoms with E-state index < -0.39 is 30.0 Å². The number of esters is 1. The molecule has 3 N–H and O–H groups in total. The Morgan fingerprint density at radius 1 is 1.00 bits per heavy atom. The highest BCUT2D eigenvalue weighted by Crippen LogP contribution is 2.23. The fourth-order valence-electron chi connectivity index (χ4n) is 3.57. The van der Waals surface area contributed by atoms with Crippen molar-refractivity contribution in [1.82, 2.24) is 5.32 Å². The van der Waals surface area contributed by atoms with E-state index in [4.69, 9.17) is 21.4 Å². The number of carboxylic acids is 1. The van der Waals surface area contributed by atoms with Gasteiger partial charge in [0.25, 0.3) is 0 Å². The Morgan fingerprint density at radius 3 is 2.35 bits per heavy atom. The molecule has 8 heteroatoms. The molecule has 2 rings (SSSR count). The van der Waals surface area contributed by atoms with E-state index in [0.717, 1.165) is 48.8 Å². The molecule has 0 aliphatic heterocycles. The fourth-order valence-corrected chi connectivity index (χ4v) is 3.76. The van der Waals surface area contributed by atoms with E-state index in [1.807, 2.05) is 42.5 Å². The molecule has 1 amide bonds. The van der Waals surface area contributed by atoms with Crippen molar-refractivity contribution in [2.24, 2.45) is 0 Å². The van der Waals surface area contributed by atoms with Gasteiger partial charge in [0.05, 0.1) is 6.61 Å². The average Bonchev–Trinajstić information content (AvgIpc) is 2.81. The van der Waals surface area contributed by atoms with Crippen molar-refractivity contribution in [2.45, 2.75) is 64.0 Å². The third-order valence-corrected chi connectivity index (χ3v) is 5.63. The Balaban J connectivity index is 1.98. The smallest absolute Gasteiger partial charge is 0.394 e. The number of aliphatic carboxylic acids is 1. The Labute approximate surface area is 205 Å². The number of unbranched alkanes of at least 4 members (excludes halogenated alkanes) is 4. The predicted molar refractivity (Wildman–Crippen MR) is 131 cm³/mol. The van der Waals surface area contributed by atoms with Crippen LogP contribution in [0.25, 0.3) is 11.1 Å². The SMILES string of the molecule is CCCCCCCOC(=O)C(O)CC(Cc1ccc(-c2cccc(Cl)c2)cc1)NC(=O)C(=O)O. The van der Waals surface area contributed by atoms with Crippen LogP contribution in [0.5, 0.6) is 0 Å². The first kappa shape index (κ1) is 27.3. The first-order valence-corrected chi connectivity index (χ1v) is 11.9. The van der Waals surface area contributed by atoms with Gasteiger partial charge in [0.15, 0.2) is 6.10 Å². The fraction of sp³-hybridized carbons (Fsp3) is 0.423. The molecule has 0 aromatic heterocycles. The third kappa shape index (κ3) is 9.53. The maximum atomic E-state index is 12.2. The van der Waals surface area contributed by atoms with Gasteiger partial charge in [-0.2, -0.15) is 0 Å². The van der Waals surface area contributed by atoms with E-state index in [1.165, 1.54) is 0 Å². The molecular weight excluding hydrogens is 458 g/mol. The van der Waals surface area contributed by atoms with Crippen LogP contribution in [-0.4, -0.2) is 46.8 Å². The molecule has 184 valence electrons. The molecule has 2 aromatic rings. The summed E-state index contributed by atoms with van der Waals surface area (Å²) >= 11 is 6.05. The summed E-state index contributed by atoms with van der Waals surface area (Å²) in [5.74, 6) is -3.61. The van der Waals surface area contributed by atoms with Crippen LogP contribution in [0.1, 0.15) is 51.0 Å². The molecule has 0 aliphatic rings. The largest absolute Gasteiger partial charge is 0.474 e. The summed E-state index contributed by atoms with van der Waals surface area (Å²) in [6.07, 6.45) is 3.57. The van der Waals surface area contributed by atoms with Gasteiger partial charge in [-0.25, -0.2) is 9.59 Å². The molecule has 0 saturated carbocycles. The van der Waals surface area contributed by atoms with Gasteiger partial charge < -0.3 is 20.3 Å². The van der Waals surface area contributed by atoms with Crippen LogP contribution in [0.4, 0.5) is 0 Å². The van der Waals surface area contributed by atoms with Gasteiger partial charge >= 0.3 is 17.8 Å². The van der Waals surface area contributed by atoms with Crippen molar-refractivity contribution in [1.29, 1.82) is 0 Å². The van der Waals surface area contributed by atoms with Crippen molar-refractivity contribution in [2.75, 3.05) is 6.61 Å². The lowest BCUT2D eigenvalue weighted by molar-refractivity contribution is -0.155. The van der Waals surface area contributed by atoms with Gasteiger partial charge in [0, 0.05) is 17.5 Å². The standard InChI is InChI=1S/C26H32ClNO6/c1-2-3-4-5-6-14-34-26(33)23(29)17-22(28-24(30)25(31)32)15-18-10-12-19(13-11-18)20-8-7-9-21(27)16-20/h7-13,16,22-23,29H,2-6,14-15,17H2,1H3,(H,28,30)(H,31,32). The first-order chi connectivity index (χ1) is 16.3. The number of benzene rings is 2. The zero-order chi connectivity index (χ0) is 24.9. The summed E-state index contributed by atoms with van der Waals surface area (Å²) in [7, 11) is 0. The molecule has 2 atom stereocenters. The number of nitrogens with one attached hydrogen (secondary N) is 1. The second kappa shape index (κ2) is 14.4. The number of aliphatic hydroxyl groups excluding tert-OH is 1. The second-order valence-corrected chi connectivity index (χ2v) is 8.66. The lowest BCUT2D eigenvalue weighted by Crippen LogP contribution is -2.43. The van der Waals surface area contributed by atoms with Crippen molar-refractivity contribution >= 4 is 29.4 Å². The highest BCUT2D eigenvalue weighted by molar-refractivity contribution is 6.31. The molecule has 0 spiro atoms. The van der Waals surface area contributed by atoms with Crippen molar-refractivity contribution in [3.8, 4) is 11.1 Å². The van der Waals surface area contributed by atoms with Gasteiger partial charge in [-0.15, -0.1) is 0 Å². The number of amides is 1. The molecule has 34 heavy (non-hydrogen) atoms. The van der Waals surface area contributed by atoms with Crippen LogP contribution in [0.2, 0.25) is 5.02 Å². The van der Waals surface area contributed by atoms with E-state index in [0.29, 0.717) is 5.02 Å². The van der Waals surface area contributed by atoms with Crippen LogP contribution in [0.3, 0.4) is 0 Å².